The van der Waals surface area contributed by atoms with E-state index in [9.17, 15) is 13.2 Å². The molecule has 2 aromatic rings. The van der Waals surface area contributed by atoms with Gasteiger partial charge in [-0.15, -0.1) is 11.3 Å². The topological polar surface area (TPSA) is 73.1 Å². The van der Waals surface area contributed by atoms with Crippen molar-refractivity contribution in [2.45, 2.75) is 12.2 Å². The molecule has 108 valence electrons. The van der Waals surface area contributed by atoms with Gasteiger partial charge in [0.25, 0.3) is 0 Å². The summed E-state index contributed by atoms with van der Waals surface area (Å²) in [7, 11) is 1.45. The number of halogens is 3. The van der Waals surface area contributed by atoms with Crippen LogP contribution in [0.15, 0.2) is 24.7 Å². The lowest BCUT2D eigenvalue weighted by atomic mass is 10.1. The number of alkyl halides is 3. The molecule has 9 heteroatoms. The second kappa shape index (κ2) is 5.73. The van der Waals surface area contributed by atoms with Crippen LogP contribution in [-0.4, -0.2) is 17.1 Å². The average Bonchev–Trinajstić information content (AvgIpc) is 2.90. The van der Waals surface area contributed by atoms with E-state index < -0.39 is 17.2 Å². The van der Waals surface area contributed by atoms with Crippen LogP contribution in [-0.2, 0) is 6.18 Å². The van der Waals surface area contributed by atoms with Crippen molar-refractivity contribution < 1.29 is 17.9 Å². The van der Waals surface area contributed by atoms with Gasteiger partial charge >= 0.3 is 6.18 Å². The van der Waals surface area contributed by atoms with Gasteiger partial charge in [0.2, 0.25) is 0 Å². The molecule has 0 bridgehead atoms. The number of pyridine rings is 1. The molecule has 2 aromatic heterocycles. The minimum absolute atomic E-state index is 0.337. The van der Waals surface area contributed by atoms with Gasteiger partial charge in [-0.1, -0.05) is 0 Å². The maximum absolute atomic E-state index is 12.6. The Labute approximate surface area is 116 Å². The molecule has 20 heavy (non-hydrogen) atoms. The van der Waals surface area contributed by atoms with Gasteiger partial charge in [-0.05, 0) is 6.07 Å². The maximum Gasteiger partial charge on any atom is 0.443 e. The zero-order chi connectivity index (χ0) is 14.8. The Morgan fingerprint density at radius 2 is 2.15 bits per heavy atom. The fourth-order valence-corrected chi connectivity index (χ4v) is 2.54. The first-order valence-corrected chi connectivity index (χ1v) is 6.26. The summed E-state index contributed by atoms with van der Waals surface area (Å²) in [6.45, 7) is 0. The maximum atomic E-state index is 12.6. The predicted molar refractivity (Wildman–Crippen MR) is 67.1 cm³/mol. The quantitative estimate of drug-likeness (QED) is 0.668. The van der Waals surface area contributed by atoms with E-state index in [4.69, 9.17) is 10.6 Å². The summed E-state index contributed by atoms with van der Waals surface area (Å²) in [6.07, 6.45) is -0.346. The van der Waals surface area contributed by atoms with Crippen molar-refractivity contribution in [1.29, 1.82) is 0 Å². The van der Waals surface area contributed by atoms with Gasteiger partial charge in [0, 0.05) is 22.8 Å². The van der Waals surface area contributed by atoms with Crippen LogP contribution in [0, 0.1) is 0 Å². The molecular formula is C11H11F3N4OS. The van der Waals surface area contributed by atoms with Crippen molar-refractivity contribution in [2.75, 3.05) is 7.11 Å². The highest BCUT2D eigenvalue weighted by Crippen LogP contribution is 2.37. The summed E-state index contributed by atoms with van der Waals surface area (Å²) in [5.74, 6) is 5.88. The molecule has 0 aromatic carbocycles. The number of nitrogens with two attached hydrogens (primary N) is 1. The fourth-order valence-electron chi connectivity index (χ4n) is 1.68. The van der Waals surface area contributed by atoms with E-state index in [0.717, 1.165) is 6.20 Å². The summed E-state index contributed by atoms with van der Waals surface area (Å²) >= 11 is 0.532. The summed E-state index contributed by atoms with van der Waals surface area (Å²) in [5.41, 5.74) is 3.05. The number of thiazole rings is 1. The standard InChI is InChI=1S/C11H11F3N4OS/c1-19-7-4-16-3-2-6(7)9(18-15)8-5-17-10(20-8)11(12,13)14/h2-5,9,18H,15H2,1H3. The lowest BCUT2D eigenvalue weighted by Crippen LogP contribution is -2.28. The van der Waals surface area contributed by atoms with E-state index in [-0.39, 0.29) is 0 Å². The Balaban J connectivity index is 2.40. The number of ether oxygens (including phenoxy) is 1. The Hall–Kier alpha value is -1.71. The summed E-state index contributed by atoms with van der Waals surface area (Å²) in [5, 5.41) is -0.916. The molecule has 1 unspecified atom stereocenters. The molecule has 2 heterocycles. The van der Waals surface area contributed by atoms with E-state index in [1.165, 1.54) is 19.5 Å². The van der Waals surface area contributed by atoms with Gasteiger partial charge in [0.15, 0.2) is 5.01 Å². The number of hydrogen-bond donors (Lipinski definition) is 2. The van der Waals surface area contributed by atoms with E-state index in [1.807, 2.05) is 0 Å². The van der Waals surface area contributed by atoms with E-state index in [1.54, 1.807) is 6.07 Å². The third kappa shape index (κ3) is 2.89. The number of rotatable bonds is 4. The lowest BCUT2D eigenvalue weighted by Gasteiger charge is -2.16. The highest BCUT2D eigenvalue weighted by atomic mass is 32.1. The molecular weight excluding hydrogens is 293 g/mol. The Kier molecular flexibility index (Phi) is 4.21. The van der Waals surface area contributed by atoms with Crippen LogP contribution in [0.2, 0.25) is 0 Å². The number of aromatic nitrogens is 2. The largest absolute Gasteiger partial charge is 0.495 e. The minimum Gasteiger partial charge on any atom is -0.495 e. The summed E-state index contributed by atoms with van der Waals surface area (Å²) in [4.78, 5) is 7.60. The van der Waals surface area contributed by atoms with Gasteiger partial charge in [0.1, 0.15) is 5.75 Å². The van der Waals surface area contributed by atoms with Gasteiger partial charge in [0.05, 0.1) is 19.3 Å². The van der Waals surface area contributed by atoms with Crippen molar-refractivity contribution in [1.82, 2.24) is 15.4 Å². The number of hydrazine groups is 1. The van der Waals surface area contributed by atoms with Crippen molar-refractivity contribution >= 4 is 11.3 Å². The van der Waals surface area contributed by atoms with Gasteiger partial charge < -0.3 is 4.74 Å². The van der Waals surface area contributed by atoms with Crippen molar-refractivity contribution in [2.24, 2.45) is 5.84 Å². The predicted octanol–water partition coefficient (Wildman–Crippen LogP) is 2.12. The second-order valence-electron chi connectivity index (χ2n) is 3.78. The molecule has 0 fully saturated rings. The fraction of sp³-hybridized carbons (Fsp3) is 0.273. The van der Waals surface area contributed by atoms with E-state index in [0.29, 0.717) is 27.5 Å². The first kappa shape index (κ1) is 14.7. The third-order valence-corrected chi connectivity index (χ3v) is 3.67. The average molecular weight is 304 g/mol. The number of nitrogens with one attached hydrogen (secondary N) is 1. The first-order valence-electron chi connectivity index (χ1n) is 5.44. The van der Waals surface area contributed by atoms with Gasteiger partial charge in [-0.25, -0.2) is 10.4 Å². The molecule has 0 saturated carbocycles. The Morgan fingerprint density at radius 3 is 2.70 bits per heavy atom. The molecule has 0 amide bonds. The molecule has 0 aliphatic rings. The monoisotopic (exact) mass is 304 g/mol. The molecule has 0 radical (unpaired) electrons. The molecule has 3 N–H and O–H groups in total. The normalized spacial score (nSPS) is 13.2. The van der Waals surface area contributed by atoms with Crippen LogP contribution in [0.1, 0.15) is 21.5 Å². The van der Waals surface area contributed by atoms with Crippen LogP contribution >= 0.6 is 11.3 Å². The second-order valence-corrected chi connectivity index (χ2v) is 4.85. The summed E-state index contributed by atoms with van der Waals surface area (Å²) in [6, 6.07) is 0.970. The highest BCUT2D eigenvalue weighted by molar-refractivity contribution is 7.11. The highest BCUT2D eigenvalue weighted by Gasteiger charge is 2.35. The molecule has 0 aliphatic carbocycles. The third-order valence-electron chi connectivity index (χ3n) is 2.56. The van der Waals surface area contributed by atoms with Gasteiger partial charge in [-0.3, -0.25) is 10.8 Å². The van der Waals surface area contributed by atoms with Crippen molar-refractivity contribution in [3.05, 3.63) is 40.1 Å². The smallest absolute Gasteiger partial charge is 0.443 e. The van der Waals surface area contributed by atoms with Gasteiger partial charge in [-0.2, -0.15) is 13.2 Å². The Bertz CT molecular complexity index is 587. The lowest BCUT2D eigenvalue weighted by molar-refractivity contribution is -0.137. The van der Waals surface area contributed by atoms with Crippen molar-refractivity contribution in [3.63, 3.8) is 0 Å². The van der Waals surface area contributed by atoms with Crippen LogP contribution in [0.5, 0.6) is 5.75 Å². The molecule has 2 rings (SSSR count). The molecule has 5 nitrogen and oxygen atoms in total. The number of hydrogen-bond acceptors (Lipinski definition) is 6. The molecule has 1 atom stereocenters. The van der Waals surface area contributed by atoms with E-state index in [2.05, 4.69) is 15.4 Å². The van der Waals surface area contributed by atoms with Crippen LogP contribution < -0.4 is 16.0 Å². The Morgan fingerprint density at radius 1 is 1.40 bits per heavy atom. The summed E-state index contributed by atoms with van der Waals surface area (Å²) < 4.78 is 42.9. The first-order chi connectivity index (χ1) is 9.47. The molecule has 0 spiro atoms. The molecule has 0 aliphatic heterocycles. The number of methoxy groups -OCH3 is 1. The zero-order valence-corrected chi connectivity index (χ0v) is 11.1. The molecule has 0 saturated heterocycles. The van der Waals surface area contributed by atoms with Crippen LogP contribution in [0.4, 0.5) is 13.2 Å². The van der Waals surface area contributed by atoms with Crippen molar-refractivity contribution in [3.8, 4) is 5.75 Å². The number of nitrogens with zero attached hydrogens (tertiary/aromatic N) is 2. The van der Waals surface area contributed by atoms with E-state index >= 15 is 0 Å². The van der Waals surface area contributed by atoms with Crippen LogP contribution in [0.25, 0.3) is 0 Å². The SMILES string of the molecule is COc1cnccc1C(NN)c1cnc(C(F)(F)F)s1. The minimum atomic E-state index is -4.47. The zero-order valence-electron chi connectivity index (χ0n) is 10.3. The van der Waals surface area contributed by atoms with Crippen LogP contribution in [0.3, 0.4) is 0 Å².